The monoisotopic (exact) mass is 397 g/mol. The van der Waals surface area contributed by atoms with E-state index in [1.165, 1.54) is 0 Å². The van der Waals surface area contributed by atoms with E-state index in [1.54, 1.807) is 30.1 Å². The largest absolute Gasteiger partial charge is 0.366 e. The van der Waals surface area contributed by atoms with Gasteiger partial charge in [-0.2, -0.15) is 0 Å². The maximum absolute atomic E-state index is 13.1. The molecule has 4 aromatic rings. The first kappa shape index (κ1) is 19.5. The van der Waals surface area contributed by atoms with E-state index >= 15 is 0 Å². The van der Waals surface area contributed by atoms with Crippen LogP contribution in [0.25, 0.3) is 22.2 Å². The Labute approximate surface area is 175 Å². The number of benzene rings is 3. The standard InChI is InChI=1S/C25H23N3O2/c1-27(16-18-8-7-12-21(14-18)25(26)30)24(29)17-28-22-13-6-5-11-20(22)15-23(28)19-9-3-2-4-10-19/h2-15H,16-17H2,1H3,(H2,26,30). The van der Waals surface area contributed by atoms with E-state index in [2.05, 4.69) is 16.7 Å². The van der Waals surface area contributed by atoms with Crippen molar-refractivity contribution in [3.63, 3.8) is 0 Å². The van der Waals surface area contributed by atoms with Crippen LogP contribution in [0.5, 0.6) is 0 Å². The second-order valence-corrected chi connectivity index (χ2v) is 7.35. The number of nitrogens with zero attached hydrogens (tertiary/aromatic N) is 2. The Hall–Kier alpha value is -3.86. The van der Waals surface area contributed by atoms with E-state index in [1.807, 2.05) is 54.6 Å². The van der Waals surface area contributed by atoms with Crippen LogP contribution in [0.15, 0.2) is 84.9 Å². The average Bonchev–Trinajstić information content (AvgIpc) is 3.13. The van der Waals surface area contributed by atoms with Gasteiger partial charge in [-0.15, -0.1) is 0 Å². The Morgan fingerprint density at radius 2 is 1.63 bits per heavy atom. The molecule has 2 N–H and O–H groups in total. The molecule has 4 rings (SSSR count). The Bertz CT molecular complexity index is 1210. The molecule has 0 aliphatic rings. The van der Waals surface area contributed by atoms with Crippen molar-refractivity contribution in [2.45, 2.75) is 13.1 Å². The zero-order valence-electron chi connectivity index (χ0n) is 16.8. The number of hydrogen-bond donors (Lipinski definition) is 1. The molecule has 0 saturated heterocycles. The highest BCUT2D eigenvalue weighted by atomic mass is 16.2. The van der Waals surface area contributed by atoms with E-state index in [0.29, 0.717) is 12.1 Å². The summed E-state index contributed by atoms with van der Waals surface area (Å²) in [4.78, 5) is 26.2. The van der Waals surface area contributed by atoms with Gasteiger partial charge in [0.25, 0.3) is 0 Å². The van der Waals surface area contributed by atoms with Gasteiger partial charge in [-0.25, -0.2) is 0 Å². The molecule has 0 bridgehead atoms. The highest BCUT2D eigenvalue weighted by Crippen LogP contribution is 2.28. The van der Waals surface area contributed by atoms with Crippen LogP contribution in [0.2, 0.25) is 0 Å². The lowest BCUT2D eigenvalue weighted by Crippen LogP contribution is -2.30. The first-order chi connectivity index (χ1) is 14.5. The molecule has 1 heterocycles. The summed E-state index contributed by atoms with van der Waals surface area (Å²) in [7, 11) is 1.77. The molecule has 0 radical (unpaired) electrons. The molecule has 150 valence electrons. The minimum atomic E-state index is -0.475. The number of nitrogens with two attached hydrogens (primary N) is 1. The van der Waals surface area contributed by atoms with E-state index in [4.69, 9.17) is 5.73 Å². The fraction of sp³-hybridized carbons (Fsp3) is 0.120. The molecule has 0 fully saturated rings. The number of carbonyl (C=O) groups is 2. The Balaban J connectivity index is 1.61. The Kier molecular flexibility index (Phi) is 5.35. The lowest BCUT2D eigenvalue weighted by Gasteiger charge is -2.19. The number of fused-ring (bicyclic) bond motifs is 1. The molecule has 5 heteroatoms. The number of likely N-dealkylation sites (N-methyl/N-ethyl adjacent to an activating group) is 1. The summed E-state index contributed by atoms with van der Waals surface area (Å²) in [5.41, 5.74) is 9.77. The molecular formula is C25H23N3O2. The highest BCUT2D eigenvalue weighted by molar-refractivity contribution is 5.93. The topological polar surface area (TPSA) is 68.3 Å². The second kappa shape index (κ2) is 8.25. The summed E-state index contributed by atoms with van der Waals surface area (Å²) in [5.74, 6) is -0.491. The van der Waals surface area contributed by atoms with Crippen LogP contribution in [0, 0.1) is 0 Å². The van der Waals surface area contributed by atoms with Gasteiger partial charge in [0.05, 0.1) is 0 Å². The van der Waals surface area contributed by atoms with Gasteiger partial charge in [0, 0.05) is 35.8 Å². The second-order valence-electron chi connectivity index (χ2n) is 7.35. The zero-order chi connectivity index (χ0) is 21.1. The van der Waals surface area contributed by atoms with Crippen LogP contribution >= 0.6 is 0 Å². The van der Waals surface area contributed by atoms with Crippen molar-refractivity contribution in [2.75, 3.05) is 7.05 Å². The van der Waals surface area contributed by atoms with Crippen molar-refractivity contribution in [2.24, 2.45) is 5.73 Å². The molecular weight excluding hydrogens is 374 g/mol. The summed E-state index contributed by atoms with van der Waals surface area (Å²) in [5, 5.41) is 1.10. The lowest BCUT2D eigenvalue weighted by molar-refractivity contribution is -0.130. The summed E-state index contributed by atoms with van der Waals surface area (Å²) in [6, 6.07) is 27.3. The van der Waals surface area contributed by atoms with Gasteiger partial charge in [-0.3, -0.25) is 9.59 Å². The van der Waals surface area contributed by atoms with E-state index in [0.717, 1.165) is 27.7 Å². The van der Waals surface area contributed by atoms with Crippen molar-refractivity contribution in [1.82, 2.24) is 9.47 Å². The van der Waals surface area contributed by atoms with E-state index in [-0.39, 0.29) is 12.5 Å². The summed E-state index contributed by atoms with van der Waals surface area (Å²) >= 11 is 0. The number of para-hydroxylation sites is 1. The zero-order valence-corrected chi connectivity index (χ0v) is 16.8. The number of amides is 2. The molecule has 0 spiro atoms. The van der Waals surface area contributed by atoms with Crippen LogP contribution in [-0.2, 0) is 17.9 Å². The third-order valence-electron chi connectivity index (χ3n) is 5.23. The SMILES string of the molecule is CN(Cc1cccc(C(N)=O)c1)C(=O)Cn1c(-c2ccccc2)cc2ccccc21. The van der Waals surface area contributed by atoms with E-state index in [9.17, 15) is 9.59 Å². The minimum Gasteiger partial charge on any atom is -0.366 e. The fourth-order valence-corrected chi connectivity index (χ4v) is 3.67. The van der Waals surface area contributed by atoms with Crippen molar-refractivity contribution in [3.8, 4) is 11.3 Å². The quantitative estimate of drug-likeness (QED) is 0.533. The molecule has 2 amide bonds. The van der Waals surface area contributed by atoms with Crippen molar-refractivity contribution in [1.29, 1.82) is 0 Å². The predicted molar refractivity (Wildman–Crippen MR) is 119 cm³/mol. The van der Waals surface area contributed by atoms with Gasteiger partial charge in [0.15, 0.2) is 0 Å². The normalized spacial score (nSPS) is 10.8. The maximum Gasteiger partial charge on any atom is 0.248 e. The van der Waals surface area contributed by atoms with Crippen LogP contribution in [0.1, 0.15) is 15.9 Å². The lowest BCUT2D eigenvalue weighted by atomic mass is 10.1. The molecule has 5 nitrogen and oxygen atoms in total. The molecule has 0 unspecified atom stereocenters. The summed E-state index contributed by atoms with van der Waals surface area (Å²) in [6.07, 6.45) is 0. The Morgan fingerprint density at radius 1 is 0.900 bits per heavy atom. The first-order valence-corrected chi connectivity index (χ1v) is 9.79. The Morgan fingerprint density at radius 3 is 2.40 bits per heavy atom. The molecule has 0 aliphatic heterocycles. The van der Waals surface area contributed by atoms with Gasteiger partial charge >= 0.3 is 0 Å². The molecule has 30 heavy (non-hydrogen) atoms. The van der Waals surface area contributed by atoms with Gasteiger partial charge in [0.2, 0.25) is 11.8 Å². The van der Waals surface area contributed by atoms with E-state index < -0.39 is 5.91 Å². The molecule has 1 aromatic heterocycles. The maximum atomic E-state index is 13.1. The molecule has 0 atom stereocenters. The number of primary amides is 1. The van der Waals surface area contributed by atoms with Gasteiger partial charge < -0.3 is 15.2 Å². The van der Waals surface area contributed by atoms with Gasteiger partial charge in [0.1, 0.15) is 6.54 Å². The van der Waals surface area contributed by atoms with Crippen LogP contribution in [0.4, 0.5) is 0 Å². The number of aromatic nitrogens is 1. The van der Waals surface area contributed by atoms with Crippen molar-refractivity contribution in [3.05, 3.63) is 96.1 Å². The average molecular weight is 397 g/mol. The third kappa shape index (κ3) is 3.96. The summed E-state index contributed by atoms with van der Waals surface area (Å²) < 4.78 is 2.06. The van der Waals surface area contributed by atoms with Crippen molar-refractivity contribution >= 4 is 22.7 Å². The third-order valence-corrected chi connectivity index (χ3v) is 5.23. The van der Waals surface area contributed by atoms with Crippen LogP contribution in [-0.4, -0.2) is 28.3 Å². The number of carbonyl (C=O) groups excluding carboxylic acids is 2. The van der Waals surface area contributed by atoms with Gasteiger partial charge in [-0.1, -0.05) is 60.7 Å². The number of rotatable bonds is 6. The number of hydrogen-bond acceptors (Lipinski definition) is 2. The van der Waals surface area contributed by atoms with Crippen molar-refractivity contribution < 1.29 is 9.59 Å². The van der Waals surface area contributed by atoms with Crippen LogP contribution < -0.4 is 5.73 Å². The molecule has 0 saturated carbocycles. The van der Waals surface area contributed by atoms with Crippen LogP contribution in [0.3, 0.4) is 0 Å². The molecule has 3 aromatic carbocycles. The first-order valence-electron chi connectivity index (χ1n) is 9.79. The summed E-state index contributed by atoms with van der Waals surface area (Å²) in [6.45, 7) is 0.629. The minimum absolute atomic E-state index is 0.0157. The smallest absolute Gasteiger partial charge is 0.248 e. The predicted octanol–water partition coefficient (Wildman–Crippen LogP) is 4.07. The van der Waals surface area contributed by atoms with Gasteiger partial charge in [-0.05, 0) is 35.4 Å². The highest BCUT2D eigenvalue weighted by Gasteiger charge is 2.16. The molecule has 0 aliphatic carbocycles. The fourth-order valence-electron chi connectivity index (χ4n) is 3.67.